The van der Waals surface area contributed by atoms with E-state index in [0.29, 0.717) is 16.5 Å². The molecule has 84 valence electrons. The van der Waals surface area contributed by atoms with Crippen molar-refractivity contribution in [3.63, 3.8) is 0 Å². The number of rotatable bonds is 3. The summed E-state index contributed by atoms with van der Waals surface area (Å²) < 4.78 is 0. The number of carbonyl (C=O) groups is 1. The van der Waals surface area contributed by atoms with Crippen LogP contribution < -0.4 is 4.90 Å². The van der Waals surface area contributed by atoms with E-state index in [1.165, 1.54) is 18.8 Å². The highest BCUT2D eigenvalue weighted by Crippen LogP contribution is 2.30. The van der Waals surface area contributed by atoms with Crippen LogP contribution in [0.3, 0.4) is 0 Å². The van der Waals surface area contributed by atoms with E-state index in [4.69, 9.17) is 22.0 Å². The van der Waals surface area contributed by atoms with Gasteiger partial charge in [0.25, 0.3) is 0 Å². The van der Waals surface area contributed by atoms with Crippen LogP contribution in [0.4, 0.5) is 10.5 Å². The lowest BCUT2D eigenvalue weighted by molar-refractivity contribution is 0.203. The Morgan fingerprint density at radius 1 is 1.69 bits per heavy atom. The smallest absolute Gasteiger partial charge is 0.411 e. The van der Waals surface area contributed by atoms with Crippen molar-refractivity contribution in [3.8, 4) is 6.07 Å². The molecule has 0 aliphatic heterocycles. The van der Waals surface area contributed by atoms with Crippen molar-refractivity contribution in [2.24, 2.45) is 0 Å². The van der Waals surface area contributed by atoms with E-state index in [9.17, 15) is 4.79 Å². The zero-order chi connectivity index (χ0) is 12.1. The van der Waals surface area contributed by atoms with Gasteiger partial charge in [0.05, 0.1) is 22.5 Å². The fourth-order valence-electron chi connectivity index (χ4n) is 1.07. The van der Waals surface area contributed by atoms with Crippen molar-refractivity contribution in [1.82, 2.24) is 0 Å². The number of thioether (sulfide) groups is 1. The molecular formula is C10H9ClN2O2S. The van der Waals surface area contributed by atoms with Gasteiger partial charge in [-0.3, -0.25) is 4.90 Å². The van der Waals surface area contributed by atoms with Crippen LogP contribution >= 0.6 is 23.4 Å². The first-order valence-electron chi connectivity index (χ1n) is 4.32. The Morgan fingerprint density at radius 2 is 2.38 bits per heavy atom. The van der Waals surface area contributed by atoms with Gasteiger partial charge in [-0.2, -0.15) is 5.26 Å². The summed E-state index contributed by atoms with van der Waals surface area (Å²) in [6.45, 7) is 0. The molecule has 1 aromatic carbocycles. The molecule has 1 rings (SSSR count). The van der Waals surface area contributed by atoms with E-state index in [2.05, 4.69) is 0 Å². The maximum absolute atomic E-state index is 10.7. The summed E-state index contributed by atoms with van der Waals surface area (Å²) in [6, 6.07) is 7.02. The standard InChI is InChI=1S/C10H9ClN2O2S/c1-13(10(14)15)9-3-2-7(6-8(9)11)16-5-4-12/h2-3,6H,5H2,1H3,(H,14,15). The minimum Gasteiger partial charge on any atom is -0.465 e. The molecule has 0 fully saturated rings. The number of amides is 1. The third-order valence-electron chi connectivity index (χ3n) is 1.87. The molecule has 0 atom stereocenters. The van der Waals surface area contributed by atoms with Crippen LogP contribution in [0.1, 0.15) is 0 Å². The second-order valence-electron chi connectivity index (χ2n) is 2.90. The molecule has 0 unspecified atom stereocenters. The molecule has 6 heteroatoms. The summed E-state index contributed by atoms with van der Waals surface area (Å²) in [6.07, 6.45) is -1.07. The van der Waals surface area contributed by atoms with Crippen molar-refractivity contribution in [1.29, 1.82) is 5.26 Å². The van der Waals surface area contributed by atoms with Gasteiger partial charge in [0.15, 0.2) is 0 Å². The van der Waals surface area contributed by atoms with Crippen LogP contribution in [-0.4, -0.2) is 24.0 Å². The van der Waals surface area contributed by atoms with Gasteiger partial charge >= 0.3 is 6.09 Å². The number of carboxylic acid groups (broad SMARTS) is 1. The van der Waals surface area contributed by atoms with E-state index < -0.39 is 6.09 Å². The third kappa shape index (κ3) is 3.05. The molecule has 0 spiro atoms. The second-order valence-corrected chi connectivity index (χ2v) is 4.36. The largest absolute Gasteiger partial charge is 0.465 e. The van der Waals surface area contributed by atoms with Crippen LogP contribution in [0, 0.1) is 11.3 Å². The SMILES string of the molecule is CN(C(=O)O)c1ccc(SCC#N)cc1Cl. The lowest BCUT2D eigenvalue weighted by atomic mass is 10.3. The molecule has 0 bridgehead atoms. The quantitative estimate of drug-likeness (QED) is 0.844. The Hall–Kier alpha value is -1.38. The first-order chi connectivity index (χ1) is 7.56. The zero-order valence-electron chi connectivity index (χ0n) is 8.48. The fourth-order valence-corrected chi connectivity index (χ4v) is 2.04. The highest BCUT2D eigenvalue weighted by atomic mass is 35.5. The van der Waals surface area contributed by atoms with Gasteiger partial charge < -0.3 is 5.11 Å². The molecule has 0 radical (unpaired) electrons. The number of anilines is 1. The Bertz CT molecular complexity index is 445. The highest BCUT2D eigenvalue weighted by molar-refractivity contribution is 7.99. The summed E-state index contributed by atoms with van der Waals surface area (Å²) in [4.78, 5) is 12.6. The van der Waals surface area contributed by atoms with Crippen LogP contribution in [0.15, 0.2) is 23.1 Å². The van der Waals surface area contributed by atoms with Crippen molar-refractivity contribution < 1.29 is 9.90 Å². The summed E-state index contributed by atoms with van der Waals surface area (Å²) in [7, 11) is 1.42. The molecule has 16 heavy (non-hydrogen) atoms. The Balaban J connectivity index is 2.92. The van der Waals surface area contributed by atoms with Crippen molar-refractivity contribution in [2.45, 2.75) is 4.90 Å². The van der Waals surface area contributed by atoms with Crippen molar-refractivity contribution in [3.05, 3.63) is 23.2 Å². The molecule has 4 nitrogen and oxygen atoms in total. The third-order valence-corrected chi connectivity index (χ3v) is 3.03. The van der Waals surface area contributed by atoms with Crippen molar-refractivity contribution >= 4 is 35.1 Å². The Kier molecular flexibility index (Phi) is 4.47. The predicted octanol–water partition coefficient (Wildman–Crippen LogP) is 3.07. The Labute approximate surface area is 102 Å². The van der Waals surface area contributed by atoms with Crippen LogP contribution in [0.2, 0.25) is 5.02 Å². The Morgan fingerprint density at radius 3 is 2.88 bits per heavy atom. The molecule has 0 aliphatic rings. The maximum atomic E-state index is 10.7. The minimum absolute atomic E-state index is 0.338. The first-order valence-corrected chi connectivity index (χ1v) is 5.68. The van der Waals surface area contributed by atoms with Crippen LogP contribution in [0.25, 0.3) is 0 Å². The highest BCUT2D eigenvalue weighted by Gasteiger charge is 2.12. The van der Waals surface area contributed by atoms with Gasteiger partial charge in [0.1, 0.15) is 0 Å². The molecular weight excluding hydrogens is 248 g/mol. The summed E-state index contributed by atoms with van der Waals surface area (Å²) >= 11 is 7.30. The van der Waals surface area contributed by atoms with Crippen LogP contribution in [-0.2, 0) is 0 Å². The number of nitriles is 1. The molecule has 1 N–H and O–H groups in total. The van der Waals surface area contributed by atoms with Gasteiger partial charge in [-0.1, -0.05) is 11.6 Å². The van der Waals surface area contributed by atoms with E-state index in [1.807, 2.05) is 6.07 Å². The molecule has 1 amide bonds. The lowest BCUT2D eigenvalue weighted by Crippen LogP contribution is -2.23. The number of nitrogens with zero attached hydrogens (tertiary/aromatic N) is 2. The van der Waals surface area contributed by atoms with Gasteiger partial charge in [0.2, 0.25) is 0 Å². The normalized spacial score (nSPS) is 9.56. The van der Waals surface area contributed by atoms with Crippen LogP contribution in [0.5, 0.6) is 0 Å². The van der Waals surface area contributed by atoms with Gasteiger partial charge in [-0.15, -0.1) is 11.8 Å². The predicted molar refractivity (Wildman–Crippen MR) is 64.2 cm³/mol. The lowest BCUT2D eigenvalue weighted by Gasteiger charge is -2.15. The first kappa shape index (κ1) is 12.7. The number of benzene rings is 1. The van der Waals surface area contributed by atoms with E-state index in [0.717, 1.165) is 9.80 Å². The van der Waals surface area contributed by atoms with E-state index >= 15 is 0 Å². The molecule has 0 aliphatic carbocycles. The molecule has 0 saturated carbocycles. The van der Waals surface area contributed by atoms with Gasteiger partial charge in [-0.25, -0.2) is 4.79 Å². The van der Waals surface area contributed by atoms with E-state index in [-0.39, 0.29) is 0 Å². The summed E-state index contributed by atoms with van der Waals surface area (Å²) in [5, 5.41) is 17.6. The topological polar surface area (TPSA) is 64.3 Å². The number of hydrogen-bond donors (Lipinski definition) is 1. The summed E-state index contributed by atoms with van der Waals surface area (Å²) in [5.74, 6) is 0.338. The van der Waals surface area contributed by atoms with Crippen molar-refractivity contribution in [2.75, 3.05) is 17.7 Å². The fraction of sp³-hybridized carbons (Fsp3) is 0.200. The number of hydrogen-bond acceptors (Lipinski definition) is 3. The zero-order valence-corrected chi connectivity index (χ0v) is 10.0. The average Bonchev–Trinajstić information content (AvgIpc) is 2.25. The van der Waals surface area contributed by atoms with Gasteiger partial charge in [-0.05, 0) is 18.2 Å². The number of halogens is 1. The second kappa shape index (κ2) is 5.64. The van der Waals surface area contributed by atoms with E-state index in [1.54, 1.807) is 18.2 Å². The molecule has 0 aromatic heterocycles. The molecule has 1 aromatic rings. The maximum Gasteiger partial charge on any atom is 0.411 e. The molecule has 0 saturated heterocycles. The minimum atomic E-state index is -1.07. The van der Waals surface area contributed by atoms with Gasteiger partial charge in [0, 0.05) is 11.9 Å². The monoisotopic (exact) mass is 256 g/mol. The average molecular weight is 257 g/mol. The summed E-state index contributed by atoms with van der Waals surface area (Å²) in [5.41, 5.74) is 0.426. The molecule has 0 heterocycles.